The first-order valence-electron chi connectivity index (χ1n) is 11.0. The maximum atomic E-state index is 13.0. The van der Waals surface area contributed by atoms with Crippen LogP contribution >= 0.6 is 23.1 Å². The van der Waals surface area contributed by atoms with Crippen LogP contribution in [0.5, 0.6) is 5.75 Å². The van der Waals surface area contributed by atoms with Crippen LogP contribution in [0.1, 0.15) is 9.67 Å². The van der Waals surface area contributed by atoms with Crippen LogP contribution in [0.3, 0.4) is 0 Å². The number of nitrogens with zero attached hydrogens (tertiary/aromatic N) is 4. The average Bonchev–Trinajstić information content (AvgIpc) is 3.55. The van der Waals surface area contributed by atoms with E-state index in [0.29, 0.717) is 31.9 Å². The molecule has 3 heterocycles. The molecule has 174 valence electrons. The fourth-order valence-corrected chi connectivity index (χ4v) is 5.64. The Kier molecular flexibility index (Phi) is 6.55. The largest absolute Gasteiger partial charge is 0.497 e. The van der Waals surface area contributed by atoms with E-state index in [1.807, 2.05) is 75.8 Å². The Labute approximate surface area is 205 Å². The third-order valence-corrected chi connectivity index (χ3v) is 7.62. The minimum absolute atomic E-state index is 0.0460. The van der Waals surface area contributed by atoms with Gasteiger partial charge in [-0.25, -0.2) is 4.98 Å². The number of imidazole rings is 1. The summed E-state index contributed by atoms with van der Waals surface area (Å²) in [7, 11) is 1.65. The number of aromatic nitrogens is 2. The van der Waals surface area contributed by atoms with Crippen molar-refractivity contribution in [3.8, 4) is 11.4 Å². The Hall–Kier alpha value is -3.30. The van der Waals surface area contributed by atoms with Gasteiger partial charge in [-0.3, -0.25) is 14.2 Å². The quantitative estimate of drug-likeness (QED) is 0.378. The summed E-state index contributed by atoms with van der Waals surface area (Å²) in [5.41, 5.74) is 2.84. The lowest BCUT2D eigenvalue weighted by Gasteiger charge is -2.34. The first-order valence-corrected chi connectivity index (χ1v) is 12.9. The topological polar surface area (TPSA) is 67.7 Å². The minimum atomic E-state index is 0.0460. The highest BCUT2D eigenvalue weighted by Crippen LogP contribution is 2.29. The summed E-state index contributed by atoms with van der Waals surface area (Å²) in [4.78, 5) is 34.7. The number of thioether (sulfide) groups is 1. The van der Waals surface area contributed by atoms with Crippen LogP contribution in [0.2, 0.25) is 0 Å². The zero-order valence-corrected chi connectivity index (χ0v) is 20.3. The predicted octanol–water partition coefficient (Wildman–Crippen LogP) is 4.17. The fraction of sp³-hybridized carbons (Fsp3) is 0.240. The van der Waals surface area contributed by atoms with E-state index >= 15 is 0 Å². The van der Waals surface area contributed by atoms with Gasteiger partial charge < -0.3 is 14.5 Å². The highest BCUT2D eigenvalue weighted by molar-refractivity contribution is 7.99. The zero-order valence-electron chi connectivity index (χ0n) is 18.7. The molecular formula is C25H24N4O3S2. The number of carbonyl (C=O) groups is 2. The van der Waals surface area contributed by atoms with Crippen molar-refractivity contribution >= 4 is 45.9 Å². The van der Waals surface area contributed by atoms with Crippen molar-refractivity contribution in [2.24, 2.45) is 0 Å². The Bertz CT molecular complexity index is 1290. The van der Waals surface area contributed by atoms with Crippen molar-refractivity contribution in [3.63, 3.8) is 0 Å². The van der Waals surface area contributed by atoms with E-state index in [2.05, 4.69) is 4.57 Å². The van der Waals surface area contributed by atoms with E-state index in [0.717, 1.165) is 32.5 Å². The molecule has 0 saturated carbocycles. The molecule has 9 heteroatoms. The maximum absolute atomic E-state index is 13.0. The number of carbonyl (C=O) groups excluding carboxylic acids is 2. The number of benzene rings is 2. The molecule has 0 radical (unpaired) electrons. The lowest BCUT2D eigenvalue weighted by atomic mass is 10.2. The zero-order chi connectivity index (χ0) is 23.5. The molecule has 7 nitrogen and oxygen atoms in total. The number of para-hydroxylation sites is 2. The number of methoxy groups -OCH3 is 1. The average molecular weight is 493 g/mol. The van der Waals surface area contributed by atoms with Gasteiger partial charge in [-0.2, -0.15) is 0 Å². The van der Waals surface area contributed by atoms with Crippen LogP contribution < -0.4 is 4.74 Å². The smallest absolute Gasteiger partial charge is 0.264 e. The molecular weight excluding hydrogens is 468 g/mol. The molecule has 0 spiro atoms. The second kappa shape index (κ2) is 9.90. The standard InChI is InChI=1S/C25H24N4O3S2/c1-32-19-10-8-18(9-11-19)29-21-6-3-2-5-20(21)26-25(29)34-17-23(30)27-12-14-28(15-13-27)24(31)22-7-4-16-33-22/h2-11,16H,12-15,17H2,1H3. The van der Waals surface area contributed by atoms with Crippen molar-refractivity contribution < 1.29 is 14.3 Å². The Morgan fingerprint density at radius 3 is 2.41 bits per heavy atom. The van der Waals surface area contributed by atoms with Gasteiger partial charge in [0, 0.05) is 31.9 Å². The first-order chi connectivity index (χ1) is 16.6. The number of thiophene rings is 1. The normalized spacial score (nSPS) is 13.9. The predicted molar refractivity (Wildman–Crippen MR) is 135 cm³/mol. The van der Waals surface area contributed by atoms with Gasteiger partial charge in [0.15, 0.2) is 5.16 Å². The van der Waals surface area contributed by atoms with E-state index < -0.39 is 0 Å². The third kappa shape index (κ3) is 4.53. The molecule has 1 saturated heterocycles. The lowest BCUT2D eigenvalue weighted by Crippen LogP contribution is -2.51. The molecule has 4 aromatic rings. The number of amides is 2. The van der Waals surface area contributed by atoms with Crippen LogP contribution in [0, 0.1) is 0 Å². The van der Waals surface area contributed by atoms with Crippen molar-refractivity contribution in [1.29, 1.82) is 0 Å². The summed E-state index contributed by atoms with van der Waals surface area (Å²) in [6.07, 6.45) is 0. The van der Waals surface area contributed by atoms with Crippen molar-refractivity contribution in [2.45, 2.75) is 5.16 Å². The summed E-state index contributed by atoms with van der Waals surface area (Å²) in [6.45, 7) is 2.20. The number of rotatable bonds is 6. The van der Waals surface area contributed by atoms with Crippen molar-refractivity contribution in [1.82, 2.24) is 19.4 Å². The molecule has 5 rings (SSSR count). The van der Waals surface area contributed by atoms with Crippen molar-refractivity contribution in [2.75, 3.05) is 39.0 Å². The molecule has 0 bridgehead atoms. The van der Waals surface area contributed by atoms with Gasteiger partial charge in [-0.1, -0.05) is 30.0 Å². The molecule has 2 aromatic heterocycles. The first kappa shape index (κ1) is 22.5. The number of hydrogen-bond donors (Lipinski definition) is 0. The van der Waals surface area contributed by atoms with Crippen LogP contribution in [-0.4, -0.2) is 70.2 Å². The monoisotopic (exact) mass is 492 g/mol. The highest BCUT2D eigenvalue weighted by Gasteiger charge is 2.26. The number of ether oxygens (including phenoxy) is 1. The molecule has 0 aliphatic carbocycles. The SMILES string of the molecule is COc1ccc(-n2c(SCC(=O)N3CCN(C(=O)c4cccs4)CC3)nc3ccccc32)cc1. The fourth-order valence-electron chi connectivity index (χ4n) is 4.01. The Morgan fingerprint density at radius 2 is 1.71 bits per heavy atom. The molecule has 0 atom stereocenters. The number of piperazine rings is 1. The molecule has 34 heavy (non-hydrogen) atoms. The van der Waals surface area contributed by atoms with Gasteiger partial charge in [-0.05, 0) is 47.8 Å². The second-order valence-electron chi connectivity index (χ2n) is 7.86. The van der Waals surface area contributed by atoms with Gasteiger partial charge in [0.2, 0.25) is 5.91 Å². The van der Waals surface area contributed by atoms with Crippen LogP contribution in [0.25, 0.3) is 16.7 Å². The Morgan fingerprint density at radius 1 is 0.971 bits per heavy atom. The van der Waals surface area contributed by atoms with E-state index in [1.54, 1.807) is 7.11 Å². The Balaban J connectivity index is 1.27. The van der Waals surface area contributed by atoms with E-state index in [9.17, 15) is 9.59 Å². The molecule has 2 amide bonds. The van der Waals surface area contributed by atoms with Crippen LogP contribution in [0.15, 0.2) is 71.2 Å². The molecule has 1 fully saturated rings. The van der Waals surface area contributed by atoms with E-state index in [1.165, 1.54) is 23.1 Å². The molecule has 0 unspecified atom stereocenters. The molecule has 1 aliphatic heterocycles. The van der Waals surface area contributed by atoms with Gasteiger partial charge in [0.25, 0.3) is 5.91 Å². The van der Waals surface area contributed by atoms with Gasteiger partial charge >= 0.3 is 0 Å². The summed E-state index contributed by atoms with van der Waals surface area (Å²) in [5, 5.41) is 2.68. The highest BCUT2D eigenvalue weighted by atomic mass is 32.2. The minimum Gasteiger partial charge on any atom is -0.497 e. The molecule has 2 aromatic carbocycles. The van der Waals surface area contributed by atoms with Gasteiger partial charge in [0.05, 0.1) is 28.8 Å². The number of fused-ring (bicyclic) bond motifs is 1. The van der Waals surface area contributed by atoms with Crippen molar-refractivity contribution in [3.05, 3.63) is 70.9 Å². The summed E-state index contributed by atoms with van der Waals surface area (Å²) >= 11 is 2.88. The third-order valence-electron chi connectivity index (χ3n) is 5.84. The van der Waals surface area contributed by atoms with Gasteiger partial charge in [0.1, 0.15) is 5.75 Å². The summed E-state index contributed by atoms with van der Waals surface area (Å²) < 4.78 is 7.36. The van der Waals surface area contributed by atoms with E-state index in [-0.39, 0.29) is 11.8 Å². The molecule has 0 N–H and O–H groups in total. The number of hydrogen-bond acceptors (Lipinski definition) is 6. The van der Waals surface area contributed by atoms with Crippen LogP contribution in [0.4, 0.5) is 0 Å². The van der Waals surface area contributed by atoms with Gasteiger partial charge in [-0.15, -0.1) is 11.3 Å². The maximum Gasteiger partial charge on any atom is 0.264 e. The summed E-state index contributed by atoms with van der Waals surface area (Å²) in [5.74, 6) is 1.18. The molecule has 1 aliphatic rings. The van der Waals surface area contributed by atoms with E-state index in [4.69, 9.17) is 9.72 Å². The second-order valence-corrected chi connectivity index (χ2v) is 9.75. The van der Waals surface area contributed by atoms with Crippen LogP contribution in [-0.2, 0) is 4.79 Å². The summed E-state index contributed by atoms with van der Waals surface area (Å²) in [6, 6.07) is 19.5. The lowest BCUT2D eigenvalue weighted by molar-refractivity contribution is -0.129.